The molecule has 15 heavy (non-hydrogen) atoms. The van der Waals surface area contributed by atoms with Crippen LogP contribution in [-0.4, -0.2) is 36.1 Å². The van der Waals surface area contributed by atoms with Crippen LogP contribution in [-0.2, 0) is 4.79 Å². The zero-order chi connectivity index (χ0) is 12.1. The van der Waals surface area contributed by atoms with E-state index in [1.54, 1.807) is 13.8 Å². The minimum absolute atomic E-state index is 0.0893. The Labute approximate surface area is 87.4 Å². The lowest BCUT2D eigenvalue weighted by atomic mass is 10.2. The van der Waals surface area contributed by atoms with Crippen LogP contribution in [0.1, 0.15) is 26.7 Å². The molecule has 0 saturated carbocycles. The van der Waals surface area contributed by atoms with Crippen LogP contribution in [0.5, 0.6) is 0 Å². The Hall–Kier alpha value is -0.780. The Kier molecular flexibility index (Phi) is 5.64. The summed E-state index contributed by atoms with van der Waals surface area (Å²) < 4.78 is 36.4. The molecule has 0 fully saturated rings. The highest BCUT2D eigenvalue weighted by atomic mass is 19.4. The molecule has 2 N–H and O–H groups in total. The number of hydrogen-bond acceptors (Lipinski definition) is 2. The fraction of sp³-hybridized carbons (Fsp3) is 0.889. The Morgan fingerprint density at radius 3 is 2.27 bits per heavy atom. The summed E-state index contributed by atoms with van der Waals surface area (Å²) >= 11 is 0. The van der Waals surface area contributed by atoms with Crippen molar-refractivity contribution in [2.45, 2.75) is 38.9 Å². The van der Waals surface area contributed by atoms with E-state index in [1.165, 1.54) is 0 Å². The first-order valence-electron chi connectivity index (χ1n) is 4.93. The van der Waals surface area contributed by atoms with Crippen LogP contribution < -0.4 is 5.73 Å². The number of alkyl halides is 3. The van der Waals surface area contributed by atoms with E-state index in [9.17, 15) is 18.0 Å². The summed E-state index contributed by atoms with van der Waals surface area (Å²) in [5, 5.41) is 0. The third-order valence-electron chi connectivity index (χ3n) is 1.93. The van der Waals surface area contributed by atoms with E-state index in [0.717, 1.165) is 4.90 Å². The lowest BCUT2D eigenvalue weighted by molar-refractivity contribution is -0.162. The van der Waals surface area contributed by atoms with Crippen molar-refractivity contribution in [2.75, 3.05) is 13.1 Å². The summed E-state index contributed by atoms with van der Waals surface area (Å²) in [6.07, 6.45) is -3.53. The molecule has 3 nitrogen and oxygen atoms in total. The lowest BCUT2D eigenvalue weighted by Crippen LogP contribution is -2.47. The minimum atomic E-state index is -4.36. The van der Waals surface area contributed by atoms with Gasteiger partial charge in [-0.25, -0.2) is 0 Å². The highest BCUT2D eigenvalue weighted by Crippen LogP contribution is 2.17. The van der Waals surface area contributed by atoms with Gasteiger partial charge in [-0.2, -0.15) is 13.2 Å². The van der Waals surface area contributed by atoms with Gasteiger partial charge in [0.1, 0.15) is 6.54 Å². The molecule has 0 bridgehead atoms. The lowest BCUT2D eigenvalue weighted by Gasteiger charge is -2.25. The summed E-state index contributed by atoms with van der Waals surface area (Å²) in [6, 6.07) is -0.834. The fourth-order valence-electron chi connectivity index (χ4n) is 1.16. The molecule has 0 aliphatic carbocycles. The molecule has 0 radical (unpaired) electrons. The van der Waals surface area contributed by atoms with E-state index in [1.807, 2.05) is 0 Å². The number of carbonyl (C=O) groups excluding carboxylic acids is 1. The van der Waals surface area contributed by atoms with Gasteiger partial charge in [-0.15, -0.1) is 0 Å². The van der Waals surface area contributed by atoms with Crippen LogP contribution in [0.4, 0.5) is 13.2 Å². The molecule has 0 aliphatic heterocycles. The predicted molar refractivity (Wildman–Crippen MR) is 51.2 cm³/mol. The van der Waals surface area contributed by atoms with Gasteiger partial charge in [0, 0.05) is 6.54 Å². The van der Waals surface area contributed by atoms with E-state index >= 15 is 0 Å². The SMILES string of the molecule is CCCN(CC(F)(F)F)C(=O)C(N)CC. The maximum Gasteiger partial charge on any atom is 0.406 e. The zero-order valence-corrected chi connectivity index (χ0v) is 8.97. The van der Waals surface area contributed by atoms with Crippen molar-refractivity contribution >= 4 is 5.91 Å². The topological polar surface area (TPSA) is 46.3 Å². The first kappa shape index (κ1) is 14.2. The molecule has 0 rings (SSSR count). The molecule has 1 amide bonds. The molecular formula is C9H17F3N2O. The molecule has 0 spiro atoms. The van der Waals surface area contributed by atoms with Gasteiger partial charge in [0.2, 0.25) is 5.91 Å². The molecular weight excluding hydrogens is 209 g/mol. The van der Waals surface area contributed by atoms with Crippen molar-refractivity contribution in [3.8, 4) is 0 Å². The van der Waals surface area contributed by atoms with Crippen LogP contribution in [0.3, 0.4) is 0 Å². The molecule has 90 valence electrons. The monoisotopic (exact) mass is 226 g/mol. The molecule has 6 heteroatoms. The van der Waals surface area contributed by atoms with Crippen molar-refractivity contribution in [2.24, 2.45) is 5.73 Å². The molecule has 0 aromatic heterocycles. The predicted octanol–water partition coefficient (Wildman–Crippen LogP) is 1.52. The molecule has 0 heterocycles. The quantitative estimate of drug-likeness (QED) is 0.772. The van der Waals surface area contributed by atoms with Gasteiger partial charge < -0.3 is 10.6 Å². The number of carbonyl (C=O) groups is 1. The van der Waals surface area contributed by atoms with E-state index in [4.69, 9.17) is 5.73 Å². The third kappa shape index (κ3) is 5.61. The largest absolute Gasteiger partial charge is 0.406 e. The molecule has 0 aliphatic rings. The Morgan fingerprint density at radius 2 is 1.93 bits per heavy atom. The Morgan fingerprint density at radius 1 is 1.40 bits per heavy atom. The van der Waals surface area contributed by atoms with E-state index < -0.39 is 24.7 Å². The summed E-state index contributed by atoms with van der Waals surface area (Å²) in [6.45, 7) is 2.26. The number of rotatable bonds is 5. The molecule has 1 unspecified atom stereocenters. The normalized spacial score (nSPS) is 13.7. The average molecular weight is 226 g/mol. The van der Waals surface area contributed by atoms with Gasteiger partial charge in [-0.05, 0) is 12.8 Å². The molecule has 1 atom stereocenters. The number of halogens is 3. The number of hydrogen-bond donors (Lipinski definition) is 1. The van der Waals surface area contributed by atoms with Gasteiger partial charge >= 0.3 is 6.18 Å². The van der Waals surface area contributed by atoms with Gasteiger partial charge in [-0.1, -0.05) is 13.8 Å². The highest BCUT2D eigenvalue weighted by molar-refractivity contribution is 5.81. The Bertz CT molecular complexity index is 206. The highest BCUT2D eigenvalue weighted by Gasteiger charge is 2.33. The van der Waals surface area contributed by atoms with Crippen molar-refractivity contribution in [3.63, 3.8) is 0 Å². The standard InChI is InChI=1S/C9H17F3N2O/c1-3-5-14(6-9(10,11)12)8(15)7(13)4-2/h7H,3-6,13H2,1-2H3. The van der Waals surface area contributed by atoms with Gasteiger partial charge in [0.15, 0.2) is 0 Å². The van der Waals surface area contributed by atoms with Gasteiger partial charge in [0.25, 0.3) is 0 Å². The minimum Gasteiger partial charge on any atom is -0.332 e. The summed E-state index contributed by atoms with van der Waals surface area (Å²) in [7, 11) is 0. The van der Waals surface area contributed by atoms with Crippen molar-refractivity contribution < 1.29 is 18.0 Å². The fourth-order valence-corrected chi connectivity index (χ4v) is 1.16. The van der Waals surface area contributed by atoms with Crippen molar-refractivity contribution in [3.05, 3.63) is 0 Å². The van der Waals surface area contributed by atoms with Crippen LogP contribution in [0.15, 0.2) is 0 Å². The molecule has 0 aromatic rings. The van der Waals surface area contributed by atoms with Crippen molar-refractivity contribution in [1.29, 1.82) is 0 Å². The summed E-state index contributed by atoms with van der Waals surface area (Å²) in [5.74, 6) is -0.628. The average Bonchev–Trinajstić information content (AvgIpc) is 2.13. The number of amides is 1. The number of nitrogens with zero attached hydrogens (tertiary/aromatic N) is 1. The maximum absolute atomic E-state index is 12.1. The van der Waals surface area contributed by atoms with Crippen LogP contribution in [0.25, 0.3) is 0 Å². The smallest absolute Gasteiger partial charge is 0.332 e. The van der Waals surface area contributed by atoms with Gasteiger partial charge in [0.05, 0.1) is 6.04 Å². The molecule has 0 saturated heterocycles. The van der Waals surface area contributed by atoms with E-state index in [-0.39, 0.29) is 6.54 Å². The summed E-state index contributed by atoms with van der Waals surface area (Å²) in [5.41, 5.74) is 5.41. The third-order valence-corrected chi connectivity index (χ3v) is 1.93. The summed E-state index contributed by atoms with van der Waals surface area (Å²) in [4.78, 5) is 12.2. The zero-order valence-electron chi connectivity index (χ0n) is 8.97. The second-order valence-corrected chi connectivity index (χ2v) is 3.39. The van der Waals surface area contributed by atoms with Crippen LogP contribution >= 0.6 is 0 Å². The Balaban J connectivity index is 4.45. The van der Waals surface area contributed by atoms with Crippen LogP contribution in [0, 0.1) is 0 Å². The van der Waals surface area contributed by atoms with Crippen molar-refractivity contribution in [1.82, 2.24) is 4.90 Å². The van der Waals surface area contributed by atoms with E-state index in [0.29, 0.717) is 12.8 Å². The van der Waals surface area contributed by atoms with Gasteiger partial charge in [-0.3, -0.25) is 4.79 Å². The first-order valence-corrected chi connectivity index (χ1v) is 4.93. The second-order valence-electron chi connectivity index (χ2n) is 3.39. The first-order chi connectivity index (χ1) is 6.81. The van der Waals surface area contributed by atoms with Crippen LogP contribution in [0.2, 0.25) is 0 Å². The maximum atomic E-state index is 12.1. The molecule has 0 aromatic carbocycles. The second kappa shape index (κ2) is 5.95. The number of nitrogens with two attached hydrogens (primary N) is 1. The van der Waals surface area contributed by atoms with E-state index in [2.05, 4.69) is 0 Å².